The van der Waals surface area contributed by atoms with Gasteiger partial charge in [0.05, 0.1) is 6.26 Å². The van der Waals surface area contributed by atoms with Gasteiger partial charge in [0.15, 0.2) is 10.7 Å². The molecule has 2 fully saturated rings. The van der Waals surface area contributed by atoms with E-state index < -0.39 is 10.0 Å². The summed E-state index contributed by atoms with van der Waals surface area (Å²) in [5.41, 5.74) is 0.314. The molecule has 1 aliphatic carbocycles. The van der Waals surface area contributed by atoms with Crippen molar-refractivity contribution in [3.8, 4) is 0 Å². The van der Waals surface area contributed by atoms with Crippen molar-refractivity contribution in [2.45, 2.75) is 63.8 Å². The van der Waals surface area contributed by atoms with Crippen LogP contribution in [0.25, 0.3) is 12.2 Å². The molecule has 9 heteroatoms. The van der Waals surface area contributed by atoms with Crippen LogP contribution in [0.15, 0.2) is 32.2 Å². The zero-order valence-electron chi connectivity index (χ0n) is 19.5. The summed E-state index contributed by atoms with van der Waals surface area (Å²) in [5, 5.41) is 7.12. The van der Waals surface area contributed by atoms with Gasteiger partial charge in [0, 0.05) is 25.0 Å². The van der Waals surface area contributed by atoms with Gasteiger partial charge in [-0.25, -0.2) is 8.42 Å². The van der Waals surface area contributed by atoms with E-state index >= 15 is 0 Å². The number of hydrogen-bond donors (Lipinski definition) is 1. The van der Waals surface area contributed by atoms with Gasteiger partial charge in [0.1, 0.15) is 11.5 Å². The van der Waals surface area contributed by atoms with Crippen molar-refractivity contribution in [2.24, 2.45) is 17.8 Å². The molecule has 2 aromatic rings. The molecular formula is C24H33N3O5S. The number of nitrogens with zero attached hydrogens (tertiary/aromatic N) is 2. The summed E-state index contributed by atoms with van der Waals surface area (Å²) < 4.78 is 38.8. The van der Waals surface area contributed by atoms with Crippen LogP contribution in [0.5, 0.6) is 0 Å². The third kappa shape index (κ3) is 5.09. The molecular weight excluding hydrogens is 442 g/mol. The normalized spacial score (nSPS) is 25.5. The Balaban J connectivity index is 1.40. The topological polar surface area (TPSA) is 106 Å². The van der Waals surface area contributed by atoms with Crippen LogP contribution in [0, 0.1) is 24.7 Å². The Kier molecular flexibility index (Phi) is 7.09. The first-order valence-corrected chi connectivity index (χ1v) is 13.2. The minimum absolute atomic E-state index is 0.0567. The lowest BCUT2D eigenvalue weighted by atomic mass is 9.78. The third-order valence-corrected chi connectivity index (χ3v) is 9.29. The third-order valence-electron chi connectivity index (χ3n) is 7.23. The number of aryl methyl sites for hydroxylation is 1. The van der Waals surface area contributed by atoms with Crippen LogP contribution in [-0.4, -0.2) is 42.9 Å². The second-order valence-corrected chi connectivity index (χ2v) is 11.2. The predicted octanol–water partition coefficient (Wildman–Crippen LogP) is 4.09. The lowest BCUT2D eigenvalue weighted by molar-refractivity contribution is -0.127. The molecule has 1 amide bonds. The monoisotopic (exact) mass is 475 g/mol. The number of hydrogen-bond acceptors (Lipinski definition) is 6. The van der Waals surface area contributed by atoms with Crippen molar-refractivity contribution in [2.75, 3.05) is 13.1 Å². The molecule has 0 radical (unpaired) electrons. The number of furan rings is 1. The van der Waals surface area contributed by atoms with Crippen LogP contribution in [0.2, 0.25) is 0 Å². The Hall–Kier alpha value is -2.39. The molecule has 0 unspecified atom stereocenters. The van der Waals surface area contributed by atoms with Gasteiger partial charge in [-0.3, -0.25) is 4.79 Å². The van der Waals surface area contributed by atoms with Crippen molar-refractivity contribution in [3.05, 3.63) is 35.6 Å². The van der Waals surface area contributed by atoms with Crippen molar-refractivity contribution in [3.63, 3.8) is 0 Å². The summed E-state index contributed by atoms with van der Waals surface area (Å²) in [5.74, 6) is 1.72. The van der Waals surface area contributed by atoms with E-state index in [1.165, 1.54) is 10.7 Å². The quantitative estimate of drug-likeness (QED) is 0.675. The Morgan fingerprint density at radius 3 is 2.64 bits per heavy atom. The number of piperidine rings is 1. The lowest BCUT2D eigenvalue weighted by Gasteiger charge is -2.36. The highest BCUT2D eigenvalue weighted by atomic mass is 32.2. The van der Waals surface area contributed by atoms with Crippen LogP contribution in [0.1, 0.15) is 63.2 Å². The van der Waals surface area contributed by atoms with Gasteiger partial charge >= 0.3 is 0 Å². The molecule has 1 aliphatic heterocycles. The van der Waals surface area contributed by atoms with Crippen LogP contribution in [-0.2, 0) is 14.8 Å². The highest BCUT2D eigenvalue weighted by Gasteiger charge is 2.37. The van der Waals surface area contributed by atoms with Crippen molar-refractivity contribution in [1.82, 2.24) is 14.8 Å². The first kappa shape index (κ1) is 23.8. The van der Waals surface area contributed by atoms with Crippen LogP contribution in [0.4, 0.5) is 0 Å². The molecule has 2 aliphatic rings. The van der Waals surface area contributed by atoms with E-state index in [9.17, 15) is 13.2 Å². The van der Waals surface area contributed by atoms with E-state index in [4.69, 9.17) is 8.94 Å². The molecule has 2 aromatic heterocycles. The zero-order valence-corrected chi connectivity index (χ0v) is 20.3. The number of sulfonamides is 1. The summed E-state index contributed by atoms with van der Waals surface area (Å²) in [4.78, 5) is 13.0. The number of amides is 1. The maximum Gasteiger partial charge on any atom is 0.248 e. The minimum atomic E-state index is -3.80. The summed E-state index contributed by atoms with van der Waals surface area (Å²) in [7, 11) is -3.80. The molecule has 1 N–H and O–H groups in total. The average molecular weight is 476 g/mol. The van der Waals surface area contributed by atoms with Crippen LogP contribution < -0.4 is 5.32 Å². The molecule has 0 bridgehead atoms. The van der Waals surface area contributed by atoms with Gasteiger partial charge in [-0.15, -0.1) is 0 Å². The molecule has 8 nitrogen and oxygen atoms in total. The van der Waals surface area contributed by atoms with Crippen molar-refractivity contribution in [1.29, 1.82) is 0 Å². The fourth-order valence-electron chi connectivity index (χ4n) is 4.92. The van der Waals surface area contributed by atoms with Crippen molar-refractivity contribution >= 4 is 28.1 Å². The maximum absolute atomic E-state index is 13.4. The number of carbonyl (C=O) groups excluding carboxylic acids is 1. The Labute approximate surface area is 195 Å². The van der Waals surface area contributed by atoms with E-state index in [0.717, 1.165) is 12.8 Å². The Morgan fingerprint density at radius 1 is 1.18 bits per heavy atom. The molecule has 0 spiro atoms. The van der Waals surface area contributed by atoms with Gasteiger partial charge in [0.25, 0.3) is 0 Å². The second-order valence-electron chi connectivity index (χ2n) is 9.37. The van der Waals surface area contributed by atoms with Gasteiger partial charge in [-0.1, -0.05) is 31.8 Å². The van der Waals surface area contributed by atoms with Crippen LogP contribution >= 0.6 is 0 Å². The van der Waals surface area contributed by atoms with E-state index in [0.29, 0.717) is 49.2 Å². The summed E-state index contributed by atoms with van der Waals surface area (Å²) in [6.45, 7) is 6.67. The van der Waals surface area contributed by atoms with Crippen molar-refractivity contribution < 1.29 is 22.2 Å². The Morgan fingerprint density at radius 2 is 1.94 bits per heavy atom. The maximum atomic E-state index is 13.4. The van der Waals surface area contributed by atoms with Gasteiger partial charge in [-0.05, 0) is 62.3 Å². The summed E-state index contributed by atoms with van der Waals surface area (Å²) in [6.07, 6.45) is 9.12. The predicted molar refractivity (Wildman–Crippen MR) is 124 cm³/mol. The van der Waals surface area contributed by atoms with E-state index in [1.807, 2.05) is 0 Å². The van der Waals surface area contributed by atoms with E-state index in [2.05, 4.69) is 24.3 Å². The fourth-order valence-corrected chi connectivity index (χ4v) is 6.64. The smallest absolute Gasteiger partial charge is 0.248 e. The van der Waals surface area contributed by atoms with E-state index in [-0.39, 0.29) is 28.5 Å². The second kappa shape index (κ2) is 9.85. The average Bonchev–Trinajstić information content (AvgIpc) is 3.45. The highest BCUT2D eigenvalue weighted by molar-refractivity contribution is 7.89. The molecule has 3 heterocycles. The van der Waals surface area contributed by atoms with Crippen LogP contribution in [0.3, 0.4) is 0 Å². The number of rotatable bonds is 6. The molecule has 33 heavy (non-hydrogen) atoms. The van der Waals surface area contributed by atoms with Gasteiger partial charge in [0.2, 0.25) is 15.9 Å². The molecule has 3 atom stereocenters. The van der Waals surface area contributed by atoms with Gasteiger partial charge in [-0.2, -0.15) is 4.31 Å². The minimum Gasteiger partial charge on any atom is -0.465 e. The number of nitrogens with one attached hydrogen (secondary N) is 1. The molecule has 180 valence electrons. The summed E-state index contributed by atoms with van der Waals surface area (Å²) in [6, 6.07) is 3.73. The lowest BCUT2D eigenvalue weighted by Crippen LogP contribution is -2.48. The van der Waals surface area contributed by atoms with Gasteiger partial charge < -0.3 is 14.3 Å². The number of aromatic nitrogens is 1. The first-order valence-electron chi connectivity index (χ1n) is 11.8. The largest absolute Gasteiger partial charge is 0.465 e. The molecule has 1 saturated heterocycles. The molecule has 4 rings (SSSR count). The van der Waals surface area contributed by atoms with E-state index in [1.54, 1.807) is 37.5 Å². The summed E-state index contributed by atoms with van der Waals surface area (Å²) >= 11 is 0. The molecule has 0 aromatic carbocycles. The molecule has 1 saturated carbocycles. The first-order chi connectivity index (χ1) is 15.8. The zero-order chi connectivity index (χ0) is 23.6. The standard InChI is InChI=1S/C24H33N3O5S/c1-16-6-4-8-21(17(16)2)25-24(28)19-11-13-27(14-12-19)33(29,30)23-18(3)26-32-22(23)10-9-20-7-5-15-31-20/h5,7,9-10,15-17,19,21H,4,6,8,11-14H2,1-3H3,(H,25,28)/b10-9+/t16-,17+,21-/m1/s1. The number of carbonyl (C=O) groups is 1. The highest BCUT2D eigenvalue weighted by Crippen LogP contribution is 2.32. The SMILES string of the molecule is Cc1noc(/C=C/c2ccco2)c1S(=O)(=O)N1CCC(C(=O)N[C@@H]2CCC[C@@H](C)[C@@H]2C)CC1. The Bertz CT molecular complexity index is 1080. The fraction of sp³-hybridized carbons (Fsp3) is 0.583.